The molecule has 6 heteroatoms. The quantitative estimate of drug-likeness (QED) is 0.900. The Morgan fingerprint density at radius 1 is 1.48 bits per heavy atom. The third kappa shape index (κ3) is 2.82. The molecule has 1 aliphatic heterocycles. The Balaban J connectivity index is 1.99. The van der Waals surface area contributed by atoms with E-state index >= 15 is 0 Å². The fourth-order valence-corrected chi connectivity index (χ4v) is 3.25. The maximum Gasteiger partial charge on any atom is 0.153 e. The fourth-order valence-electron chi connectivity index (χ4n) is 2.69. The van der Waals surface area contributed by atoms with Crippen LogP contribution in [0.15, 0.2) is 22.8 Å². The summed E-state index contributed by atoms with van der Waals surface area (Å²) in [6.45, 7) is 3.88. The second-order valence-electron chi connectivity index (χ2n) is 5.24. The van der Waals surface area contributed by atoms with Gasteiger partial charge >= 0.3 is 0 Å². The lowest BCUT2D eigenvalue weighted by molar-refractivity contribution is 0.356. The molecule has 1 aromatic carbocycles. The molecule has 0 amide bonds. The number of nitrogens with zero attached hydrogens (tertiary/aromatic N) is 3. The molecule has 1 unspecified atom stereocenters. The summed E-state index contributed by atoms with van der Waals surface area (Å²) in [5.74, 6) is 1.01. The Labute approximate surface area is 132 Å². The minimum Gasteiger partial charge on any atom is -0.493 e. The molecule has 1 aromatic heterocycles. The molecule has 21 heavy (non-hydrogen) atoms. The van der Waals surface area contributed by atoms with Crippen LogP contribution in [0.3, 0.4) is 0 Å². The van der Waals surface area contributed by atoms with Gasteiger partial charge in [0, 0.05) is 13.5 Å². The third-order valence-corrected chi connectivity index (χ3v) is 4.31. The summed E-state index contributed by atoms with van der Waals surface area (Å²) < 4.78 is 8.20. The Bertz CT molecular complexity index is 621. The highest BCUT2D eigenvalue weighted by atomic mass is 79.9. The molecule has 0 aliphatic carbocycles. The molecule has 1 N–H and O–H groups in total. The van der Waals surface area contributed by atoms with Gasteiger partial charge in [0.15, 0.2) is 4.60 Å². The van der Waals surface area contributed by atoms with Crippen molar-refractivity contribution in [1.82, 2.24) is 20.3 Å². The van der Waals surface area contributed by atoms with Gasteiger partial charge in [-0.3, -0.25) is 0 Å². The maximum absolute atomic E-state index is 5.59. The standard InChI is InChI=1S/C15H19BrN4O/c1-3-7-17-13(14-15(16)18-19-20(14)2)11-4-5-12-10(9-11)6-8-21-12/h4-5,9,13,17H,3,6-8H2,1-2H3. The van der Waals surface area contributed by atoms with Gasteiger partial charge in [-0.2, -0.15) is 0 Å². The van der Waals surface area contributed by atoms with E-state index in [1.165, 1.54) is 11.1 Å². The zero-order valence-electron chi connectivity index (χ0n) is 12.3. The topological polar surface area (TPSA) is 52.0 Å². The number of hydrogen-bond acceptors (Lipinski definition) is 4. The second-order valence-corrected chi connectivity index (χ2v) is 5.99. The van der Waals surface area contributed by atoms with Crippen LogP contribution in [0.5, 0.6) is 5.75 Å². The van der Waals surface area contributed by atoms with Gasteiger partial charge in [-0.25, -0.2) is 4.68 Å². The maximum atomic E-state index is 5.59. The first kappa shape index (κ1) is 14.5. The number of fused-ring (bicyclic) bond motifs is 1. The molecular weight excluding hydrogens is 332 g/mol. The van der Waals surface area contributed by atoms with Crippen molar-refractivity contribution in [2.75, 3.05) is 13.2 Å². The normalized spacial score (nSPS) is 14.8. The number of nitrogens with one attached hydrogen (secondary N) is 1. The van der Waals surface area contributed by atoms with E-state index in [1.807, 2.05) is 11.7 Å². The van der Waals surface area contributed by atoms with Crippen LogP contribution < -0.4 is 10.1 Å². The molecule has 0 bridgehead atoms. The zero-order valence-corrected chi connectivity index (χ0v) is 13.9. The first-order valence-electron chi connectivity index (χ1n) is 7.24. The van der Waals surface area contributed by atoms with Crippen LogP contribution in [-0.4, -0.2) is 28.1 Å². The van der Waals surface area contributed by atoms with Gasteiger partial charge < -0.3 is 10.1 Å². The molecule has 0 saturated carbocycles. The predicted octanol–water partition coefficient (Wildman–Crippen LogP) is 2.60. The molecule has 0 fully saturated rings. The van der Waals surface area contributed by atoms with Crippen molar-refractivity contribution in [2.24, 2.45) is 7.05 Å². The Morgan fingerprint density at radius 2 is 2.33 bits per heavy atom. The summed E-state index contributed by atoms with van der Waals surface area (Å²) in [5.41, 5.74) is 3.54. The van der Waals surface area contributed by atoms with Gasteiger partial charge in [-0.1, -0.05) is 24.3 Å². The van der Waals surface area contributed by atoms with E-state index in [4.69, 9.17) is 4.74 Å². The van der Waals surface area contributed by atoms with E-state index in [-0.39, 0.29) is 6.04 Å². The van der Waals surface area contributed by atoms with Gasteiger partial charge in [0.1, 0.15) is 5.75 Å². The van der Waals surface area contributed by atoms with Crippen LogP contribution in [0.1, 0.15) is 36.2 Å². The number of benzene rings is 1. The average molecular weight is 351 g/mol. The highest BCUT2D eigenvalue weighted by molar-refractivity contribution is 9.10. The van der Waals surface area contributed by atoms with Crippen molar-refractivity contribution in [3.05, 3.63) is 39.6 Å². The molecule has 0 saturated heterocycles. The van der Waals surface area contributed by atoms with E-state index < -0.39 is 0 Å². The SMILES string of the molecule is CCCNC(c1ccc2c(c1)CCO2)c1c(Br)nnn1C. The van der Waals surface area contributed by atoms with Crippen molar-refractivity contribution >= 4 is 15.9 Å². The summed E-state index contributed by atoms with van der Waals surface area (Å²) in [5, 5.41) is 11.8. The molecular formula is C15H19BrN4O. The van der Waals surface area contributed by atoms with E-state index in [0.29, 0.717) is 0 Å². The third-order valence-electron chi connectivity index (χ3n) is 3.75. The number of halogens is 1. The van der Waals surface area contributed by atoms with Gasteiger partial charge in [-0.05, 0) is 46.1 Å². The molecule has 1 aliphatic rings. The highest BCUT2D eigenvalue weighted by Gasteiger charge is 2.23. The summed E-state index contributed by atoms with van der Waals surface area (Å²) in [6, 6.07) is 6.49. The van der Waals surface area contributed by atoms with Gasteiger partial charge in [0.25, 0.3) is 0 Å². The number of ether oxygens (including phenoxy) is 1. The number of aryl methyl sites for hydroxylation is 1. The molecule has 5 nitrogen and oxygen atoms in total. The Hall–Kier alpha value is -1.40. The monoisotopic (exact) mass is 350 g/mol. The highest BCUT2D eigenvalue weighted by Crippen LogP contribution is 2.32. The fraction of sp³-hybridized carbons (Fsp3) is 0.467. The van der Waals surface area contributed by atoms with E-state index in [1.54, 1.807) is 0 Å². The minimum atomic E-state index is 0.0743. The molecule has 112 valence electrons. The Morgan fingerprint density at radius 3 is 3.05 bits per heavy atom. The summed E-state index contributed by atoms with van der Waals surface area (Å²) >= 11 is 3.51. The smallest absolute Gasteiger partial charge is 0.153 e. The van der Waals surface area contributed by atoms with E-state index in [2.05, 4.69) is 56.7 Å². The predicted molar refractivity (Wildman–Crippen MR) is 84.5 cm³/mol. The summed E-state index contributed by atoms with van der Waals surface area (Å²) in [6.07, 6.45) is 2.06. The average Bonchev–Trinajstić information content (AvgIpc) is 3.07. The van der Waals surface area contributed by atoms with Crippen molar-refractivity contribution in [3.8, 4) is 5.75 Å². The summed E-state index contributed by atoms with van der Waals surface area (Å²) in [4.78, 5) is 0. The Kier molecular flexibility index (Phi) is 4.26. The molecule has 0 radical (unpaired) electrons. The van der Waals surface area contributed by atoms with Crippen LogP contribution in [0.2, 0.25) is 0 Å². The molecule has 1 atom stereocenters. The number of aromatic nitrogens is 3. The van der Waals surface area contributed by atoms with E-state index in [0.717, 1.165) is 42.0 Å². The minimum absolute atomic E-state index is 0.0743. The van der Waals surface area contributed by atoms with Crippen LogP contribution in [0.25, 0.3) is 0 Å². The molecule has 3 rings (SSSR count). The van der Waals surface area contributed by atoms with Gasteiger partial charge in [-0.15, -0.1) is 5.10 Å². The lowest BCUT2D eigenvalue weighted by Gasteiger charge is -2.20. The first-order chi connectivity index (χ1) is 10.2. The molecule has 0 spiro atoms. The van der Waals surface area contributed by atoms with Gasteiger partial charge in [0.05, 0.1) is 18.3 Å². The van der Waals surface area contributed by atoms with Gasteiger partial charge in [0.2, 0.25) is 0 Å². The zero-order chi connectivity index (χ0) is 14.8. The van der Waals surface area contributed by atoms with Crippen LogP contribution >= 0.6 is 15.9 Å². The van der Waals surface area contributed by atoms with Crippen molar-refractivity contribution in [1.29, 1.82) is 0 Å². The van der Waals surface area contributed by atoms with Crippen LogP contribution in [-0.2, 0) is 13.5 Å². The largest absolute Gasteiger partial charge is 0.493 e. The van der Waals surface area contributed by atoms with Crippen molar-refractivity contribution < 1.29 is 4.74 Å². The van der Waals surface area contributed by atoms with Crippen molar-refractivity contribution in [3.63, 3.8) is 0 Å². The van der Waals surface area contributed by atoms with Crippen molar-refractivity contribution in [2.45, 2.75) is 25.8 Å². The van der Waals surface area contributed by atoms with E-state index in [9.17, 15) is 0 Å². The number of rotatable bonds is 5. The first-order valence-corrected chi connectivity index (χ1v) is 8.04. The second kappa shape index (κ2) is 6.15. The lowest BCUT2D eigenvalue weighted by Crippen LogP contribution is -2.25. The summed E-state index contributed by atoms with van der Waals surface area (Å²) in [7, 11) is 1.92. The van der Waals surface area contributed by atoms with Crippen LogP contribution in [0, 0.1) is 0 Å². The number of hydrogen-bond donors (Lipinski definition) is 1. The molecule has 2 aromatic rings. The molecule has 2 heterocycles. The lowest BCUT2D eigenvalue weighted by atomic mass is 10.00. The van der Waals surface area contributed by atoms with Crippen LogP contribution in [0.4, 0.5) is 0 Å².